The number of nitrogens with zero attached hydrogens (tertiary/aromatic N) is 3. The molecule has 0 aliphatic carbocycles. The Morgan fingerprint density at radius 2 is 2.07 bits per heavy atom. The Hall–Kier alpha value is -1.75. The lowest BCUT2D eigenvalue weighted by Crippen LogP contribution is -2.23. The number of aromatic nitrogens is 4. The molecule has 5 nitrogen and oxygen atoms in total. The first kappa shape index (κ1) is 8.55. The van der Waals surface area contributed by atoms with Crippen molar-refractivity contribution >= 4 is 0 Å². The van der Waals surface area contributed by atoms with Gasteiger partial charge in [0, 0.05) is 30.1 Å². The monoisotopic (exact) mass is 201 g/mol. The molecule has 3 rings (SSSR count). The summed E-state index contributed by atoms with van der Waals surface area (Å²) < 4.78 is 0. The van der Waals surface area contributed by atoms with Crippen LogP contribution in [0.2, 0.25) is 0 Å². The van der Waals surface area contributed by atoms with E-state index in [4.69, 9.17) is 0 Å². The first-order chi connectivity index (χ1) is 7.45. The quantitative estimate of drug-likeness (QED) is 0.705. The maximum Gasteiger partial charge on any atom is 0.115 e. The van der Waals surface area contributed by atoms with Crippen molar-refractivity contribution in [1.29, 1.82) is 0 Å². The Bertz CT molecular complexity index is 462. The van der Waals surface area contributed by atoms with Crippen LogP contribution in [0.1, 0.15) is 11.3 Å². The Labute approximate surface area is 87.0 Å². The van der Waals surface area contributed by atoms with Gasteiger partial charge in [-0.3, -0.25) is 5.10 Å². The maximum atomic E-state index is 4.32. The number of fused-ring (bicyclic) bond motifs is 1. The molecule has 2 N–H and O–H groups in total. The fraction of sp³-hybridized carbons (Fsp3) is 0.300. The van der Waals surface area contributed by atoms with Crippen LogP contribution in [0.4, 0.5) is 0 Å². The first-order valence-electron chi connectivity index (χ1n) is 4.97. The van der Waals surface area contributed by atoms with E-state index in [-0.39, 0.29) is 0 Å². The molecule has 0 spiro atoms. The van der Waals surface area contributed by atoms with Crippen molar-refractivity contribution in [1.82, 2.24) is 25.5 Å². The lowest BCUT2D eigenvalue weighted by molar-refractivity contribution is 0.633. The van der Waals surface area contributed by atoms with Crippen molar-refractivity contribution in [2.75, 3.05) is 6.54 Å². The van der Waals surface area contributed by atoms with Crippen LogP contribution < -0.4 is 5.32 Å². The molecule has 0 bridgehead atoms. The second-order valence-corrected chi connectivity index (χ2v) is 3.58. The van der Waals surface area contributed by atoms with Crippen LogP contribution >= 0.6 is 0 Å². The molecule has 1 aliphatic heterocycles. The van der Waals surface area contributed by atoms with Crippen molar-refractivity contribution in [3.8, 4) is 11.3 Å². The van der Waals surface area contributed by atoms with Crippen molar-refractivity contribution in [3.05, 3.63) is 30.0 Å². The highest BCUT2D eigenvalue weighted by atomic mass is 15.1. The number of aromatic amines is 1. The van der Waals surface area contributed by atoms with Gasteiger partial charge in [0.1, 0.15) is 6.33 Å². The third-order valence-corrected chi connectivity index (χ3v) is 2.64. The molecule has 2 aromatic heterocycles. The number of nitrogens with one attached hydrogen (secondary N) is 2. The van der Waals surface area contributed by atoms with Crippen LogP contribution in [0.3, 0.4) is 0 Å². The average Bonchev–Trinajstić information content (AvgIpc) is 2.74. The van der Waals surface area contributed by atoms with Crippen molar-refractivity contribution in [3.63, 3.8) is 0 Å². The van der Waals surface area contributed by atoms with E-state index in [0.717, 1.165) is 30.8 Å². The number of hydrogen-bond acceptors (Lipinski definition) is 4. The fourth-order valence-electron chi connectivity index (χ4n) is 1.90. The molecule has 5 heteroatoms. The second kappa shape index (κ2) is 3.43. The lowest BCUT2D eigenvalue weighted by atomic mass is 10.0. The Morgan fingerprint density at radius 1 is 1.20 bits per heavy atom. The molecular formula is C10H11N5. The molecule has 15 heavy (non-hydrogen) atoms. The van der Waals surface area contributed by atoms with Gasteiger partial charge < -0.3 is 5.32 Å². The van der Waals surface area contributed by atoms with Gasteiger partial charge in [-0.1, -0.05) is 0 Å². The molecule has 1 aliphatic rings. The van der Waals surface area contributed by atoms with E-state index in [0.29, 0.717) is 0 Å². The van der Waals surface area contributed by atoms with E-state index in [1.165, 1.54) is 17.6 Å². The summed E-state index contributed by atoms with van der Waals surface area (Å²) in [6, 6.07) is 0. The summed E-state index contributed by atoms with van der Waals surface area (Å²) >= 11 is 0. The van der Waals surface area contributed by atoms with Crippen LogP contribution in [0.25, 0.3) is 11.3 Å². The van der Waals surface area contributed by atoms with Gasteiger partial charge in [0.25, 0.3) is 0 Å². The smallest absolute Gasteiger partial charge is 0.115 e. The molecule has 0 atom stereocenters. The van der Waals surface area contributed by atoms with Gasteiger partial charge in [0.05, 0.1) is 11.4 Å². The molecule has 0 fully saturated rings. The topological polar surface area (TPSA) is 66.5 Å². The predicted octanol–water partition coefficient (Wildman–Crippen LogP) is 0.512. The van der Waals surface area contributed by atoms with Crippen LogP contribution in [-0.2, 0) is 13.0 Å². The van der Waals surface area contributed by atoms with E-state index in [1.807, 2.05) is 0 Å². The fourth-order valence-corrected chi connectivity index (χ4v) is 1.90. The van der Waals surface area contributed by atoms with Gasteiger partial charge in [0.15, 0.2) is 0 Å². The zero-order valence-corrected chi connectivity index (χ0v) is 8.20. The summed E-state index contributed by atoms with van der Waals surface area (Å²) in [5.74, 6) is 0. The Kier molecular flexibility index (Phi) is 1.96. The molecule has 2 aromatic rings. The molecule has 0 aromatic carbocycles. The summed E-state index contributed by atoms with van der Waals surface area (Å²) in [6.07, 6.45) is 6.14. The first-order valence-corrected chi connectivity index (χ1v) is 4.97. The Balaban J connectivity index is 2.09. The Morgan fingerprint density at radius 3 is 2.93 bits per heavy atom. The highest BCUT2D eigenvalue weighted by Crippen LogP contribution is 2.24. The van der Waals surface area contributed by atoms with Gasteiger partial charge in [-0.2, -0.15) is 5.10 Å². The van der Waals surface area contributed by atoms with E-state index in [2.05, 4.69) is 25.5 Å². The van der Waals surface area contributed by atoms with Gasteiger partial charge in [-0.05, 0) is 13.0 Å². The van der Waals surface area contributed by atoms with Gasteiger partial charge in [0.2, 0.25) is 0 Å². The summed E-state index contributed by atoms with van der Waals surface area (Å²) in [4.78, 5) is 8.02. The molecule has 0 radical (unpaired) electrons. The van der Waals surface area contributed by atoms with Gasteiger partial charge in [-0.25, -0.2) is 9.97 Å². The average molecular weight is 201 g/mol. The number of H-pyrrole nitrogens is 1. The molecule has 3 heterocycles. The van der Waals surface area contributed by atoms with Crippen LogP contribution in [0.5, 0.6) is 0 Å². The van der Waals surface area contributed by atoms with Crippen molar-refractivity contribution in [2.45, 2.75) is 13.0 Å². The normalized spacial score (nSPS) is 14.9. The third kappa shape index (κ3) is 1.41. The highest BCUT2D eigenvalue weighted by Gasteiger charge is 2.17. The summed E-state index contributed by atoms with van der Waals surface area (Å²) in [5, 5.41) is 10.7. The van der Waals surface area contributed by atoms with Crippen molar-refractivity contribution < 1.29 is 0 Å². The standard InChI is InChI=1S/C10H11N5/c1-2-11-5-9-8(1)10(15-14-9)7-3-12-6-13-4-7/h3-4,6,11H,1-2,5H2,(H,14,15). The van der Waals surface area contributed by atoms with Gasteiger partial charge in [-0.15, -0.1) is 0 Å². The molecule has 0 unspecified atom stereocenters. The molecule has 0 amide bonds. The molecule has 0 saturated carbocycles. The minimum absolute atomic E-state index is 0.871. The lowest BCUT2D eigenvalue weighted by Gasteiger charge is -2.12. The number of hydrogen-bond donors (Lipinski definition) is 2. The highest BCUT2D eigenvalue weighted by molar-refractivity contribution is 5.62. The molecular weight excluding hydrogens is 190 g/mol. The summed E-state index contributed by atoms with van der Waals surface area (Å²) in [7, 11) is 0. The minimum atomic E-state index is 0.871. The van der Waals surface area contributed by atoms with Gasteiger partial charge >= 0.3 is 0 Å². The second-order valence-electron chi connectivity index (χ2n) is 3.58. The summed E-state index contributed by atoms with van der Waals surface area (Å²) in [5.41, 5.74) is 4.45. The van der Waals surface area contributed by atoms with E-state index < -0.39 is 0 Å². The zero-order chi connectivity index (χ0) is 10.1. The third-order valence-electron chi connectivity index (χ3n) is 2.64. The minimum Gasteiger partial charge on any atom is -0.311 e. The maximum absolute atomic E-state index is 4.32. The molecule has 0 saturated heterocycles. The van der Waals surface area contributed by atoms with E-state index in [9.17, 15) is 0 Å². The zero-order valence-electron chi connectivity index (χ0n) is 8.20. The summed E-state index contributed by atoms with van der Waals surface area (Å²) in [6.45, 7) is 1.88. The molecule has 76 valence electrons. The van der Waals surface area contributed by atoms with Crippen LogP contribution in [0.15, 0.2) is 18.7 Å². The largest absolute Gasteiger partial charge is 0.311 e. The van der Waals surface area contributed by atoms with Crippen LogP contribution in [0, 0.1) is 0 Å². The number of rotatable bonds is 1. The van der Waals surface area contributed by atoms with Crippen molar-refractivity contribution in [2.24, 2.45) is 0 Å². The van der Waals surface area contributed by atoms with E-state index in [1.54, 1.807) is 12.4 Å². The predicted molar refractivity (Wildman–Crippen MR) is 55.0 cm³/mol. The SMILES string of the molecule is c1ncc(-c2n[nH]c3c2CCNC3)cn1. The van der Waals surface area contributed by atoms with E-state index >= 15 is 0 Å². The van der Waals surface area contributed by atoms with Crippen LogP contribution in [-0.4, -0.2) is 26.7 Å².